The normalized spacial score (nSPS) is 14.7. The highest BCUT2D eigenvalue weighted by atomic mass is 16.5. The summed E-state index contributed by atoms with van der Waals surface area (Å²) in [7, 11) is 5.63. The topological polar surface area (TPSA) is 57.6 Å². The van der Waals surface area contributed by atoms with Gasteiger partial charge in [0.15, 0.2) is 29.3 Å². The third-order valence-electron chi connectivity index (χ3n) is 6.62. The molecule has 1 aliphatic heterocycles. The highest BCUT2D eigenvalue weighted by Crippen LogP contribution is 2.45. The number of Topliss-reactive ketones (excluding diaryl/α,β-unsaturated/α-hetero) is 1. The molecule has 0 saturated carbocycles. The first-order valence-electron chi connectivity index (χ1n) is 12.8. The summed E-state index contributed by atoms with van der Waals surface area (Å²) < 4.78 is 12.2. The van der Waals surface area contributed by atoms with Crippen LogP contribution in [-0.2, 0) is 11.4 Å². The van der Waals surface area contributed by atoms with E-state index < -0.39 is 6.17 Å². The van der Waals surface area contributed by atoms with Crippen LogP contribution in [0.5, 0.6) is 11.5 Å². The minimum atomic E-state index is -0.502. The Balaban J connectivity index is 1.66. The summed E-state index contributed by atoms with van der Waals surface area (Å²) in [6, 6.07) is 33.8. The monoisotopic (exact) mass is 520 g/mol. The lowest BCUT2D eigenvalue weighted by Gasteiger charge is -2.33. The number of amidine groups is 1. The van der Waals surface area contributed by atoms with Crippen LogP contribution in [-0.4, -0.2) is 32.8 Å². The molecule has 0 aliphatic carbocycles. The molecule has 7 heteroatoms. The second-order valence-electron chi connectivity index (χ2n) is 9.47. The number of carbonyl (C=O) groups is 1. The van der Waals surface area contributed by atoms with Crippen LogP contribution in [0.1, 0.15) is 24.2 Å². The second-order valence-corrected chi connectivity index (χ2v) is 9.47. The van der Waals surface area contributed by atoms with Crippen LogP contribution in [0.15, 0.2) is 108 Å². The van der Waals surface area contributed by atoms with Gasteiger partial charge in [0.05, 0.1) is 12.8 Å². The fraction of sp³-hybridized carbons (Fsp3) is 0.188. The van der Waals surface area contributed by atoms with Gasteiger partial charge in [0.1, 0.15) is 6.61 Å². The minimum Gasteiger partial charge on any atom is -0.493 e. The average molecular weight is 521 g/mol. The maximum Gasteiger partial charge on any atom is 0.198 e. The molecule has 4 aromatic carbocycles. The second kappa shape index (κ2) is 11.3. The lowest BCUT2D eigenvalue weighted by Crippen LogP contribution is -2.38. The zero-order valence-electron chi connectivity index (χ0n) is 22.6. The molecule has 1 heterocycles. The first-order chi connectivity index (χ1) is 19.0. The number of rotatable bonds is 9. The lowest BCUT2D eigenvalue weighted by atomic mass is 10.1. The molecule has 5 rings (SSSR count). The summed E-state index contributed by atoms with van der Waals surface area (Å²) in [5.74, 6) is 1.42. The van der Waals surface area contributed by atoms with Crippen LogP contribution in [0, 0.1) is 0 Å². The number of methoxy groups -OCH3 is 1. The Bertz CT molecular complexity index is 1450. The Morgan fingerprint density at radius 3 is 2.13 bits per heavy atom. The maximum absolute atomic E-state index is 13.0. The molecule has 0 N–H and O–H groups in total. The summed E-state index contributed by atoms with van der Waals surface area (Å²) in [6.07, 6.45) is -0.502. The number of anilines is 3. The molecule has 198 valence electrons. The van der Waals surface area contributed by atoms with Crippen LogP contribution < -0.4 is 24.3 Å². The predicted octanol–water partition coefficient (Wildman–Crippen LogP) is 6.27. The van der Waals surface area contributed by atoms with E-state index in [1.807, 2.05) is 132 Å². The molecule has 0 saturated heterocycles. The molecule has 0 aromatic heterocycles. The van der Waals surface area contributed by atoms with E-state index in [4.69, 9.17) is 14.6 Å². The smallest absolute Gasteiger partial charge is 0.198 e. The van der Waals surface area contributed by atoms with Crippen LogP contribution >= 0.6 is 0 Å². The number of hydrogen-bond donors (Lipinski definition) is 0. The van der Waals surface area contributed by atoms with Crippen molar-refractivity contribution in [2.24, 2.45) is 5.10 Å². The Morgan fingerprint density at radius 1 is 0.846 bits per heavy atom. The molecule has 1 aliphatic rings. The predicted molar refractivity (Wildman–Crippen MR) is 157 cm³/mol. The molecule has 39 heavy (non-hydrogen) atoms. The van der Waals surface area contributed by atoms with Crippen molar-refractivity contribution in [3.8, 4) is 11.5 Å². The van der Waals surface area contributed by atoms with Crippen molar-refractivity contribution >= 4 is 28.7 Å². The molecule has 0 amide bonds. The van der Waals surface area contributed by atoms with Gasteiger partial charge in [-0.15, -0.1) is 5.10 Å². The molecule has 1 atom stereocenters. The van der Waals surface area contributed by atoms with Crippen LogP contribution in [0.4, 0.5) is 17.1 Å². The van der Waals surface area contributed by atoms with Gasteiger partial charge in [-0.2, -0.15) is 0 Å². The standard InChI is InChI=1S/C32H32N4O3/c1-23(37)31-33-36(27-14-9-6-10-15-27)32(35(31)26-20-18-25(19-21-26)34(2)3)28-16-11-17-29(38-4)30(28)39-22-24-12-7-5-8-13-24/h5-21,32H,22H2,1-4H3/t32-/m1/s1. The summed E-state index contributed by atoms with van der Waals surface area (Å²) in [5.41, 5.74) is 4.62. The molecule has 4 aromatic rings. The van der Waals surface area contributed by atoms with E-state index in [-0.39, 0.29) is 5.78 Å². The van der Waals surface area contributed by atoms with Crippen LogP contribution in [0.25, 0.3) is 0 Å². The van der Waals surface area contributed by atoms with E-state index in [9.17, 15) is 4.79 Å². The number of carbonyl (C=O) groups excluding carboxylic acids is 1. The quantitative estimate of drug-likeness (QED) is 0.259. The SMILES string of the molecule is COc1cccc([C@H]2N(c3ccccc3)N=C(C(C)=O)N2c2ccc(N(C)C)cc2)c1OCc1ccccc1. The van der Waals surface area contributed by atoms with E-state index in [2.05, 4.69) is 0 Å². The molecule has 7 nitrogen and oxygen atoms in total. The maximum atomic E-state index is 13.0. The Labute approximate surface area is 229 Å². The van der Waals surface area contributed by atoms with Gasteiger partial charge >= 0.3 is 0 Å². The largest absolute Gasteiger partial charge is 0.493 e. The highest BCUT2D eigenvalue weighted by molar-refractivity contribution is 6.44. The van der Waals surface area contributed by atoms with E-state index in [1.54, 1.807) is 14.0 Å². The fourth-order valence-electron chi connectivity index (χ4n) is 4.68. The van der Waals surface area contributed by atoms with Gasteiger partial charge in [0, 0.05) is 38.0 Å². The van der Waals surface area contributed by atoms with Gasteiger partial charge in [0.25, 0.3) is 0 Å². The first-order valence-corrected chi connectivity index (χ1v) is 12.8. The number of nitrogens with zero attached hydrogens (tertiary/aromatic N) is 4. The van der Waals surface area contributed by atoms with Crippen LogP contribution in [0.3, 0.4) is 0 Å². The zero-order valence-corrected chi connectivity index (χ0v) is 22.6. The van der Waals surface area contributed by atoms with Gasteiger partial charge in [-0.1, -0.05) is 60.7 Å². The van der Waals surface area contributed by atoms with E-state index in [0.717, 1.165) is 28.2 Å². The molecular weight excluding hydrogens is 488 g/mol. The van der Waals surface area contributed by atoms with Crippen molar-refractivity contribution in [2.75, 3.05) is 36.0 Å². The Morgan fingerprint density at radius 2 is 1.51 bits per heavy atom. The van der Waals surface area contributed by atoms with Gasteiger partial charge in [-0.3, -0.25) is 9.69 Å². The lowest BCUT2D eigenvalue weighted by molar-refractivity contribution is -0.111. The third kappa shape index (κ3) is 5.29. The van der Waals surface area contributed by atoms with Crippen LogP contribution in [0.2, 0.25) is 0 Å². The summed E-state index contributed by atoms with van der Waals surface area (Å²) in [5, 5.41) is 6.74. The Kier molecular flexibility index (Phi) is 7.50. The number of para-hydroxylation sites is 2. The molecule has 0 bridgehead atoms. The summed E-state index contributed by atoms with van der Waals surface area (Å²) in [4.78, 5) is 17.0. The van der Waals surface area contributed by atoms with Gasteiger partial charge in [0.2, 0.25) is 0 Å². The first kappa shape index (κ1) is 25.9. The molecular formula is C32H32N4O3. The van der Waals surface area contributed by atoms with E-state index in [0.29, 0.717) is 23.9 Å². The molecule has 0 unspecified atom stereocenters. The number of hydrogen-bond acceptors (Lipinski definition) is 7. The number of ketones is 1. The number of benzene rings is 4. The van der Waals surface area contributed by atoms with Gasteiger partial charge < -0.3 is 14.4 Å². The van der Waals surface area contributed by atoms with Crippen molar-refractivity contribution in [1.29, 1.82) is 0 Å². The Hall–Kier alpha value is -4.78. The molecule has 0 spiro atoms. The number of hydrazone groups is 1. The number of ether oxygens (including phenoxy) is 2. The van der Waals surface area contributed by atoms with Crippen molar-refractivity contribution in [1.82, 2.24) is 0 Å². The van der Waals surface area contributed by atoms with Crippen molar-refractivity contribution in [3.63, 3.8) is 0 Å². The summed E-state index contributed by atoms with van der Waals surface area (Å²) in [6.45, 7) is 1.91. The molecule has 0 radical (unpaired) electrons. The average Bonchev–Trinajstić information content (AvgIpc) is 3.38. The third-order valence-corrected chi connectivity index (χ3v) is 6.62. The van der Waals surface area contributed by atoms with Crippen molar-refractivity contribution in [3.05, 3.63) is 114 Å². The van der Waals surface area contributed by atoms with Crippen molar-refractivity contribution in [2.45, 2.75) is 19.7 Å². The van der Waals surface area contributed by atoms with Gasteiger partial charge in [-0.05, 0) is 48.0 Å². The summed E-state index contributed by atoms with van der Waals surface area (Å²) >= 11 is 0. The van der Waals surface area contributed by atoms with E-state index >= 15 is 0 Å². The van der Waals surface area contributed by atoms with E-state index in [1.165, 1.54) is 0 Å². The zero-order chi connectivity index (χ0) is 27.4. The van der Waals surface area contributed by atoms with Gasteiger partial charge in [-0.25, -0.2) is 5.01 Å². The fourth-order valence-corrected chi connectivity index (χ4v) is 4.68. The molecule has 0 fully saturated rings. The van der Waals surface area contributed by atoms with Crippen molar-refractivity contribution < 1.29 is 14.3 Å². The highest BCUT2D eigenvalue weighted by Gasteiger charge is 2.41. The minimum absolute atomic E-state index is 0.134.